The Morgan fingerprint density at radius 1 is 1.44 bits per heavy atom. The number of hydrogen-bond donors (Lipinski definition) is 1. The molecule has 3 rings (SSSR count). The van der Waals surface area contributed by atoms with Crippen molar-refractivity contribution in [1.82, 2.24) is 10.3 Å². The monoisotopic (exact) mass is 314 g/mol. The van der Waals surface area contributed by atoms with E-state index in [1.54, 1.807) is 0 Å². The lowest BCUT2D eigenvalue weighted by Gasteiger charge is -2.09. The topological polar surface area (TPSA) is 24.9 Å². The van der Waals surface area contributed by atoms with Crippen molar-refractivity contribution in [1.29, 1.82) is 0 Å². The highest BCUT2D eigenvalue weighted by molar-refractivity contribution is 9.10. The van der Waals surface area contributed by atoms with E-state index in [1.807, 2.05) is 22.7 Å². The molecular weight excluding hydrogens is 304 g/mol. The van der Waals surface area contributed by atoms with E-state index in [-0.39, 0.29) is 0 Å². The first-order chi connectivity index (χ1) is 7.74. The number of halogens is 1. The van der Waals surface area contributed by atoms with Gasteiger partial charge in [0.05, 0.1) is 10.6 Å². The highest BCUT2D eigenvalue weighted by Gasteiger charge is 2.17. The zero-order valence-electron chi connectivity index (χ0n) is 8.84. The van der Waals surface area contributed by atoms with Crippen LogP contribution in [0.25, 0.3) is 9.88 Å². The van der Waals surface area contributed by atoms with Gasteiger partial charge in [0.15, 0.2) is 0 Å². The molecule has 16 heavy (non-hydrogen) atoms. The van der Waals surface area contributed by atoms with Gasteiger partial charge in [0.2, 0.25) is 0 Å². The minimum atomic E-state index is 0.985. The number of thiophene rings is 1. The van der Waals surface area contributed by atoms with Crippen molar-refractivity contribution >= 4 is 38.6 Å². The minimum Gasteiger partial charge on any atom is -0.311 e. The first kappa shape index (κ1) is 10.9. The van der Waals surface area contributed by atoms with Crippen LogP contribution in [0.3, 0.4) is 0 Å². The zero-order chi connectivity index (χ0) is 11.1. The number of fused-ring (bicyclic) bond motifs is 1. The summed E-state index contributed by atoms with van der Waals surface area (Å²) in [7, 11) is 0. The number of hydrogen-bond acceptors (Lipinski definition) is 4. The van der Waals surface area contributed by atoms with Gasteiger partial charge in [0.25, 0.3) is 0 Å². The van der Waals surface area contributed by atoms with E-state index in [9.17, 15) is 0 Å². The lowest BCUT2D eigenvalue weighted by molar-refractivity contribution is 0.644. The number of rotatable bonds is 1. The number of thiazole rings is 1. The fourth-order valence-corrected chi connectivity index (χ4v) is 4.45. The molecule has 0 radical (unpaired) electrons. The van der Waals surface area contributed by atoms with Crippen molar-refractivity contribution in [3.8, 4) is 9.88 Å². The second kappa shape index (κ2) is 4.22. The van der Waals surface area contributed by atoms with E-state index in [1.165, 1.54) is 29.8 Å². The molecule has 0 bridgehead atoms. The minimum absolute atomic E-state index is 0.985. The summed E-state index contributed by atoms with van der Waals surface area (Å²) in [4.78, 5) is 8.75. The molecule has 1 aliphatic heterocycles. The maximum Gasteiger partial charge on any atom is 0.133 e. The lowest BCUT2D eigenvalue weighted by Crippen LogP contribution is -2.22. The van der Waals surface area contributed by atoms with Crippen LogP contribution >= 0.6 is 38.6 Å². The Labute approximate surface area is 111 Å². The maximum atomic E-state index is 4.74. The van der Waals surface area contributed by atoms with E-state index in [0.717, 1.165) is 19.5 Å². The Morgan fingerprint density at radius 3 is 3.00 bits per heavy atom. The SMILES string of the molecule is Cc1sc(-c2nc3c(s2)CNCC3)cc1Br. The molecule has 0 aliphatic carbocycles. The van der Waals surface area contributed by atoms with Crippen molar-refractivity contribution < 1.29 is 0 Å². The third kappa shape index (κ3) is 1.86. The van der Waals surface area contributed by atoms with Crippen LogP contribution in [0.15, 0.2) is 10.5 Å². The third-order valence-corrected chi connectivity index (χ3v) is 6.07. The Hall–Kier alpha value is -0.230. The molecule has 0 saturated heterocycles. The number of aryl methyl sites for hydroxylation is 1. The molecule has 0 saturated carbocycles. The smallest absolute Gasteiger partial charge is 0.133 e. The van der Waals surface area contributed by atoms with Crippen molar-refractivity contribution in [3.63, 3.8) is 0 Å². The summed E-state index contributed by atoms with van der Waals surface area (Å²) < 4.78 is 1.19. The molecule has 1 N–H and O–H groups in total. The maximum absolute atomic E-state index is 4.74. The molecule has 2 aromatic heterocycles. The Balaban J connectivity index is 2.03. The van der Waals surface area contributed by atoms with E-state index >= 15 is 0 Å². The fraction of sp³-hybridized carbons (Fsp3) is 0.364. The first-order valence-electron chi connectivity index (χ1n) is 5.19. The quantitative estimate of drug-likeness (QED) is 0.870. The van der Waals surface area contributed by atoms with Crippen LogP contribution in [0.1, 0.15) is 15.4 Å². The average Bonchev–Trinajstić information content (AvgIpc) is 2.83. The number of nitrogens with one attached hydrogen (secondary N) is 1. The summed E-state index contributed by atoms with van der Waals surface area (Å²) in [6.07, 6.45) is 1.07. The van der Waals surface area contributed by atoms with Gasteiger partial charge < -0.3 is 5.32 Å². The molecule has 0 amide bonds. The zero-order valence-corrected chi connectivity index (χ0v) is 12.1. The molecule has 84 valence electrons. The average molecular weight is 315 g/mol. The van der Waals surface area contributed by atoms with Gasteiger partial charge in [0, 0.05) is 33.7 Å². The van der Waals surface area contributed by atoms with Crippen molar-refractivity contribution in [2.24, 2.45) is 0 Å². The van der Waals surface area contributed by atoms with Crippen molar-refractivity contribution in [2.75, 3.05) is 6.54 Å². The molecule has 3 heterocycles. The molecule has 1 aliphatic rings. The van der Waals surface area contributed by atoms with Crippen LogP contribution in [-0.2, 0) is 13.0 Å². The van der Waals surface area contributed by atoms with Gasteiger partial charge in [-0.2, -0.15) is 0 Å². The normalized spacial score (nSPS) is 15.1. The van der Waals surface area contributed by atoms with Crippen LogP contribution in [-0.4, -0.2) is 11.5 Å². The second-order valence-electron chi connectivity index (χ2n) is 3.83. The van der Waals surface area contributed by atoms with E-state index in [2.05, 4.69) is 34.2 Å². The summed E-state index contributed by atoms with van der Waals surface area (Å²) in [5.41, 5.74) is 1.29. The van der Waals surface area contributed by atoms with Gasteiger partial charge in [-0.15, -0.1) is 22.7 Å². The molecule has 2 aromatic rings. The number of nitrogens with zero attached hydrogens (tertiary/aromatic N) is 1. The largest absolute Gasteiger partial charge is 0.311 e. The molecular formula is C11H11BrN2S2. The molecule has 2 nitrogen and oxygen atoms in total. The van der Waals surface area contributed by atoms with E-state index in [0.29, 0.717) is 0 Å². The molecule has 0 fully saturated rings. The van der Waals surface area contributed by atoms with E-state index in [4.69, 9.17) is 4.98 Å². The molecule has 5 heteroatoms. The molecule has 0 spiro atoms. The Bertz CT molecular complexity index is 487. The summed E-state index contributed by atoms with van der Waals surface area (Å²) in [5.74, 6) is 0. The molecule has 0 unspecified atom stereocenters. The van der Waals surface area contributed by atoms with E-state index < -0.39 is 0 Å². The van der Waals surface area contributed by atoms with Gasteiger partial charge in [-0.05, 0) is 28.9 Å². The predicted octanol–water partition coefficient (Wildman–Crippen LogP) is 3.59. The summed E-state index contributed by atoms with van der Waals surface area (Å²) in [6.45, 7) is 4.18. The predicted molar refractivity (Wildman–Crippen MR) is 73.3 cm³/mol. The van der Waals surface area contributed by atoms with Gasteiger partial charge in [-0.25, -0.2) is 4.98 Å². The Morgan fingerprint density at radius 2 is 2.31 bits per heavy atom. The van der Waals surface area contributed by atoms with Gasteiger partial charge in [0.1, 0.15) is 5.01 Å². The standard InChI is InChI=1S/C11H11BrN2S2/c1-6-7(12)4-9(15-6)11-14-8-2-3-13-5-10(8)16-11/h4,13H,2-3,5H2,1H3. The lowest BCUT2D eigenvalue weighted by atomic mass is 10.2. The summed E-state index contributed by atoms with van der Waals surface area (Å²) in [6, 6.07) is 2.18. The van der Waals surface area contributed by atoms with Crippen molar-refractivity contribution in [3.05, 3.63) is 26.0 Å². The van der Waals surface area contributed by atoms with Crippen LogP contribution in [0.5, 0.6) is 0 Å². The molecule has 0 aromatic carbocycles. The van der Waals surface area contributed by atoms with Crippen LogP contribution in [0, 0.1) is 6.92 Å². The number of aromatic nitrogens is 1. The van der Waals surface area contributed by atoms with Crippen LogP contribution in [0.2, 0.25) is 0 Å². The summed E-state index contributed by atoms with van der Waals surface area (Å²) >= 11 is 7.20. The Kier molecular flexibility index (Phi) is 2.87. The highest BCUT2D eigenvalue weighted by Crippen LogP contribution is 2.37. The third-order valence-electron chi connectivity index (χ3n) is 2.67. The van der Waals surface area contributed by atoms with Crippen LogP contribution < -0.4 is 5.32 Å². The molecule has 0 atom stereocenters. The fourth-order valence-electron chi connectivity index (χ4n) is 1.80. The van der Waals surface area contributed by atoms with Crippen molar-refractivity contribution in [2.45, 2.75) is 19.9 Å². The van der Waals surface area contributed by atoms with Crippen LogP contribution in [0.4, 0.5) is 0 Å². The van der Waals surface area contributed by atoms with Gasteiger partial charge >= 0.3 is 0 Å². The summed E-state index contributed by atoms with van der Waals surface area (Å²) in [5, 5.41) is 4.56. The van der Waals surface area contributed by atoms with Gasteiger partial charge in [-0.3, -0.25) is 0 Å². The second-order valence-corrected chi connectivity index (χ2v) is 7.02. The first-order valence-corrected chi connectivity index (χ1v) is 7.62. The highest BCUT2D eigenvalue weighted by atomic mass is 79.9. The van der Waals surface area contributed by atoms with Gasteiger partial charge in [-0.1, -0.05) is 0 Å².